The van der Waals surface area contributed by atoms with Crippen LogP contribution in [0.1, 0.15) is 16.1 Å². The van der Waals surface area contributed by atoms with Crippen LogP contribution in [0.5, 0.6) is 0 Å². The summed E-state index contributed by atoms with van der Waals surface area (Å²) < 4.78 is 0. The third-order valence-electron chi connectivity index (χ3n) is 4.06. The lowest BCUT2D eigenvalue weighted by Gasteiger charge is -2.32. The summed E-state index contributed by atoms with van der Waals surface area (Å²) >= 11 is 0. The maximum Gasteiger partial charge on any atom is 0.272 e. The van der Waals surface area contributed by atoms with Crippen LogP contribution in [0.25, 0.3) is 0 Å². The number of nitrogens with one attached hydrogen (secondary N) is 1. The maximum absolute atomic E-state index is 12.6. The fourth-order valence-electron chi connectivity index (χ4n) is 2.66. The first-order valence-corrected chi connectivity index (χ1v) is 7.92. The Balaban J connectivity index is 1.74. The first-order valence-electron chi connectivity index (χ1n) is 7.92. The van der Waals surface area contributed by atoms with Crippen molar-refractivity contribution in [1.82, 2.24) is 14.8 Å². The Hall–Kier alpha value is -3.40. The van der Waals surface area contributed by atoms with Crippen molar-refractivity contribution in [2.24, 2.45) is 0 Å². The predicted octanol–water partition coefficient (Wildman–Crippen LogP) is 1.61. The molecule has 3 rings (SSSR count). The van der Waals surface area contributed by atoms with Crippen LogP contribution in [0.3, 0.4) is 0 Å². The number of anilines is 2. The van der Waals surface area contributed by atoms with Gasteiger partial charge < -0.3 is 15.1 Å². The molecule has 0 aliphatic carbocycles. The number of piperazine rings is 1. The van der Waals surface area contributed by atoms with E-state index in [0.717, 1.165) is 6.41 Å². The van der Waals surface area contributed by atoms with Gasteiger partial charge in [0.1, 0.15) is 11.8 Å². The molecule has 1 saturated heterocycles. The average Bonchev–Trinajstić information content (AvgIpc) is 2.68. The van der Waals surface area contributed by atoms with Crippen LogP contribution >= 0.6 is 0 Å². The van der Waals surface area contributed by atoms with Crippen molar-refractivity contribution in [3.8, 4) is 6.07 Å². The minimum Gasteiger partial charge on any atom is -0.354 e. The summed E-state index contributed by atoms with van der Waals surface area (Å²) in [7, 11) is 0. The molecular weight excluding hydrogens is 318 g/mol. The van der Waals surface area contributed by atoms with E-state index >= 15 is 0 Å². The van der Waals surface area contributed by atoms with E-state index in [1.165, 1.54) is 0 Å². The first-order chi connectivity index (χ1) is 12.2. The highest BCUT2D eigenvalue weighted by atomic mass is 16.2. The summed E-state index contributed by atoms with van der Waals surface area (Å²) in [5, 5.41) is 12.3. The van der Waals surface area contributed by atoms with Crippen molar-refractivity contribution < 1.29 is 9.59 Å². The summed E-state index contributed by atoms with van der Waals surface area (Å²) in [6, 6.07) is 12.7. The Bertz CT molecular complexity index is 822. The topological polar surface area (TPSA) is 89.3 Å². The van der Waals surface area contributed by atoms with Gasteiger partial charge in [-0.25, -0.2) is 0 Å². The quantitative estimate of drug-likeness (QED) is 0.858. The molecule has 1 aromatic heterocycles. The number of pyridine rings is 1. The van der Waals surface area contributed by atoms with Gasteiger partial charge in [0.2, 0.25) is 6.41 Å². The van der Waals surface area contributed by atoms with E-state index in [0.29, 0.717) is 48.8 Å². The van der Waals surface area contributed by atoms with Crippen molar-refractivity contribution in [1.29, 1.82) is 5.26 Å². The number of amides is 2. The lowest BCUT2D eigenvalue weighted by molar-refractivity contribution is -0.119. The lowest BCUT2D eigenvalue weighted by Crippen LogP contribution is -2.48. The number of hydrogen-bond donors (Lipinski definition) is 1. The monoisotopic (exact) mass is 335 g/mol. The SMILES string of the molecule is N#Cc1ccccc1Nc1ccnc(C(=O)N2CCN(C=O)CC2)c1. The number of hydrogen-bond acceptors (Lipinski definition) is 5. The maximum atomic E-state index is 12.6. The minimum atomic E-state index is -0.164. The number of carbonyl (C=O) groups excluding carboxylic acids is 2. The number of benzene rings is 1. The van der Waals surface area contributed by atoms with Gasteiger partial charge in [-0.2, -0.15) is 5.26 Å². The third kappa shape index (κ3) is 3.75. The Morgan fingerprint density at radius 3 is 2.68 bits per heavy atom. The molecule has 7 nitrogen and oxygen atoms in total. The summed E-state index contributed by atoms with van der Waals surface area (Å²) in [6.45, 7) is 2.05. The molecule has 126 valence electrons. The zero-order chi connectivity index (χ0) is 17.6. The molecule has 1 aromatic carbocycles. The summed E-state index contributed by atoms with van der Waals surface area (Å²) in [5.41, 5.74) is 2.22. The Labute approximate surface area is 145 Å². The molecule has 2 aromatic rings. The average molecular weight is 335 g/mol. The first kappa shape index (κ1) is 16.5. The van der Waals surface area contributed by atoms with E-state index in [9.17, 15) is 9.59 Å². The summed E-state index contributed by atoms with van der Waals surface area (Å²) in [5.74, 6) is -0.164. The van der Waals surface area contributed by atoms with Gasteiger partial charge in [-0.05, 0) is 24.3 Å². The van der Waals surface area contributed by atoms with Gasteiger partial charge in [-0.15, -0.1) is 0 Å². The van der Waals surface area contributed by atoms with E-state index in [1.807, 2.05) is 6.07 Å². The zero-order valence-electron chi connectivity index (χ0n) is 13.6. The fourth-order valence-corrected chi connectivity index (χ4v) is 2.66. The molecule has 25 heavy (non-hydrogen) atoms. The molecule has 0 saturated carbocycles. The molecule has 0 bridgehead atoms. The number of para-hydroxylation sites is 1. The van der Waals surface area contributed by atoms with E-state index in [-0.39, 0.29) is 5.91 Å². The second-order valence-corrected chi connectivity index (χ2v) is 5.65. The smallest absolute Gasteiger partial charge is 0.272 e. The van der Waals surface area contributed by atoms with Gasteiger partial charge in [0, 0.05) is 38.1 Å². The van der Waals surface area contributed by atoms with Gasteiger partial charge >= 0.3 is 0 Å². The molecule has 1 aliphatic heterocycles. The van der Waals surface area contributed by atoms with Crippen LogP contribution in [0.15, 0.2) is 42.6 Å². The minimum absolute atomic E-state index is 0.164. The third-order valence-corrected chi connectivity index (χ3v) is 4.06. The van der Waals surface area contributed by atoms with Crippen LogP contribution in [0.4, 0.5) is 11.4 Å². The van der Waals surface area contributed by atoms with E-state index < -0.39 is 0 Å². The van der Waals surface area contributed by atoms with Crippen molar-refractivity contribution in [2.45, 2.75) is 0 Å². The van der Waals surface area contributed by atoms with E-state index in [4.69, 9.17) is 5.26 Å². The van der Waals surface area contributed by atoms with Gasteiger partial charge in [0.15, 0.2) is 0 Å². The molecule has 0 spiro atoms. The highest BCUT2D eigenvalue weighted by Crippen LogP contribution is 2.21. The number of rotatable bonds is 4. The van der Waals surface area contributed by atoms with Crippen LogP contribution in [0, 0.1) is 11.3 Å². The molecule has 1 fully saturated rings. The zero-order valence-corrected chi connectivity index (χ0v) is 13.6. The molecule has 0 atom stereocenters. The van der Waals surface area contributed by atoms with E-state index in [1.54, 1.807) is 46.3 Å². The number of nitriles is 1. The highest BCUT2D eigenvalue weighted by Gasteiger charge is 2.22. The Morgan fingerprint density at radius 1 is 1.20 bits per heavy atom. The molecule has 2 amide bonds. The molecule has 0 radical (unpaired) electrons. The molecule has 7 heteroatoms. The molecule has 0 unspecified atom stereocenters. The number of nitrogens with zero attached hydrogens (tertiary/aromatic N) is 4. The van der Waals surface area contributed by atoms with Gasteiger partial charge in [0.05, 0.1) is 11.3 Å². The second kappa shape index (κ2) is 7.45. The van der Waals surface area contributed by atoms with E-state index in [2.05, 4.69) is 16.4 Å². The normalized spacial score (nSPS) is 13.9. The predicted molar refractivity (Wildman–Crippen MR) is 92.2 cm³/mol. The van der Waals surface area contributed by atoms with Crippen LogP contribution < -0.4 is 5.32 Å². The second-order valence-electron chi connectivity index (χ2n) is 5.65. The number of carbonyl (C=O) groups is 2. The summed E-state index contributed by atoms with van der Waals surface area (Å²) in [4.78, 5) is 30.9. The van der Waals surface area contributed by atoms with Crippen LogP contribution in [0.2, 0.25) is 0 Å². The standard InChI is InChI=1S/C18H17N5O2/c19-12-14-3-1-2-4-16(14)21-15-5-6-20-17(11-15)18(25)23-9-7-22(13-24)8-10-23/h1-6,11,13H,7-10H2,(H,20,21). The molecular formula is C18H17N5O2. The molecule has 1 N–H and O–H groups in total. The molecule has 2 heterocycles. The van der Waals surface area contributed by atoms with Gasteiger partial charge in [-0.3, -0.25) is 14.6 Å². The van der Waals surface area contributed by atoms with Crippen LogP contribution in [-0.4, -0.2) is 53.3 Å². The fraction of sp³-hybridized carbons (Fsp3) is 0.222. The lowest BCUT2D eigenvalue weighted by atomic mass is 10.2. The van der Waals surface area contributed by atoms with Gasteiger partial charge in [-0.1, -0.05) is 12.1 Å². The molecule has 1 aliphatic rings. The number of aromatic nitrogens is 1. The Morgan fingerprint density at radius 2 is 1.96 bits per heavy atom. The summed E-state index contributed by atoms with van der Waals surface area (Å²) in [6.07, 6.45) is 2.36. The highest BCUT2D eigenvalue weighted by molar-refractivity contribution is 5.93. The van der Waals surface area contributed by atoms with Crippen molar-refractivity contribution in [3.63, 3.8) is 0 Å². The van der Waals surface area contributed by atoms with Crippen molar-refractivity contribution in [2.75, 3.05) is 31.5 Å². The Kier molecular flexibility index (Phi) is 4.90. The van der Waals surface area contributed by atoms with Crippen LogP contribution in [-0.2, 0) is 4.79 Å². The van der Waals surface area contributed by atoms with Crippen molar-refractivity contribution >= 4 is 23.7 Å². The van der Waals surface area contributed by atoms with Gasteiger partial charge in [0.25, 0.3) is 5.91 Å². The van der Waals surface area contributed by atoms with Crippen molar-refractivity contribution in [3.05, 3.63) is 53.9 Å². The largest absolute Gasteiger partial charge is 0.354 e.